The van der Waals surface area contributed by atoms with Crippen LogP contribution in [0.5, 0.6) is 0 Å². The molecule has 0 saturated carbocycles. The summed E-state index contributed by atoms with van der Waals surface area (Å²) in [4.78, 5) is 11.8. The van der Waals surface area contributed by atoms with Crippen LogP contribution in [-0.4, -0.2) is 21.3 Å². The second-order valence-electron chi connectivity index (χ2n) is 4.57. The summed E-state index contributed by atoms with van der Waals surface area (Å²) in [5.41, 5.74) is 2.04. The van der Waals surface area contributed by atoms with E-state index in [9.17, 15) is 13.6 Å². The average molecular weight is 318 g/mol. The summed E-state index contributed by atoms with van der Waals surface area (Å²) in [6.45, 7) is 3.80. The second-order valence-corrected chi connectivity index (χ2v) is 5.37. The first-order valence-corrected chi connectivity index (χ1v) is 7.80. The Morgan fingerprint density at radius 2 is 1.95 bits per heavy atom. The normalized spacial score (nSPS) is 11.8. The summed E-state index contributed by atoms with van der Waals surface area (Å²) < 4.78 is 29.4. The number of nitrogens with zero attached hydrogens (tertiary/aromatic N) is 1. The first-order chi connectivity index (χ1) is 10.5. The third kappa shape index (κ3) is 3.52. The molecule has 1 unspecified atom stereocenters. The quantitative estimate of drug-likeness (QED) is 0.627. The smallest absolute Gasteiger partial charge is 0.338 e. The Morgan fingerprint density at radius 3 is 2.59 bits per heavy atom. The van der Waals surface area contributed by atoms with Gasteiger partial charge >= 0.3 is 5.97 Å². The van der Waals surface area contributed by atoms with Crippen molar-refractivity contribution in [2.24, 2.45) is 0 Å². The van der Waals surface area contributed by atoms with Gasteiger partial charge in [0.05, 0.1) is 34.8 Å². The molecule has 0 radical (unpaired) electrons. The van der Waals surface area contributed by atoms with Gasteiger partial charge in [-0.2, -0.15) is 0 Å². The molecule has 6 heteroatoms. The maximum Gasteiger partial charge on any atom is 0.338 e. The van der Waals surface area contributed by atoms with Crippen molar-refractivity contribution >= 4 is 28.6 Å². The number of aryl methyl sites for hydroxylation is 1. The van der Waals surface area contributed by atoms with E-state index in [4.69, 9.17) is 4.74 Å². The molecule has 0 aliphatic heterocycles. The number of para-hydroxylation sites is 1. The summed E-state index contributed by atoms with van der Waals surface area (Å²) in [5, 5.41) is 0. The Hall–Kier alpha value is -2.18. The van der Waals surface area contributed by atoms with Crippen molar-refractivity contribution in [3.8, 4) is 0 Å². The molecule has 5 nitrogen and oxygen atoms in total. The van der Waals surface area contributed by atoms with Gasteiger partial charge in [0.1, 0.15) is 0 Å². The zero-order valence-electron chi connectivity index (χ0n) is 12.3. The summed E-state index contributed by atoms with van der Waals surface area (Å²) in [5.74, 6) is -0.481. The minimum Gasteiger partial charge on any atom is -0.755 e. The van der Waals surface area contributed by atoms with Crippen LogP contribution in [-0.2, 0) is 16.0 Å². The van der Waals surface area contributed by atoms with E-state index >= 15 is 0 Å². The van der Waals surface area contributed by atoms with Crippen molar-refractivity contribution in [2.45, 2.75) is 13.8 Å². The van der Waals surface area contributed by atoms with E-state index < -0.39 is 17.2 Å². The minimum absolute atomic E-state index is 0.262. The van der Waals surface area contributed by atoms with E-state index in [-0.39, 0.29) is 6.61 Å². The SMILES string of the molecule is CCOC(=O)c1cccc(N(c2ccccc2C)S(=O)[O-])c1. The van der Waals surface area contributed by atoms with Gasteiger partial charge in [-0.1, -0.05) is 24.3 Å². The fraction of sp³-hybridized carbons (Fsp3) is 0.188. The lowest BCUT2D eigenvalue weighted by atomic mass is 10.1. The molecule has 0 aromatic heterocycles. The van der Waals surface area contributed by atoms with E-state index in [1.165, 1.54) is 6.07 Å². The number of hydrogen-bond acceptors (Lipinski definition) is 4. The van der Waals surface area contributed by atoms with Crippen LogP contribution in [0.4, 0.5) is 11.4 Å². The van der Waals surface area contributed by atoms with Crippen molar-refractivity contribution in [2.75, 3.05) is 10.9 Å². The Kier molecular flexibility index (Phi) is 5.30. The average Bonchev–Trinajstić information content (AvgIpc) is 2.50. The molecule has 0 amide bonds. The lowest BCUT2D eigenvalue weighted by Gasteiger charge is -2.28. The highest BCUT2D eigenvalue weighted by Gasteiger charge is 2.15. The van der Waals surface area contributed by atoms with Crippen LogP contribution >= 0.6 is 0 Å². The molecule has 0 bridgehead atoms. The molecule has 2 aromatic rings. The maximum absolute atomic E-state index is 11.8. The number of carbonyl (C=O) groups excluding carboxylic acids is 1. The highest BCUT2D eigenvalue weighted by atomic mass is 32.2. The second kappa shape index (κ2) is 7.20. The van der Waals surface area contributed by atoms with Gasteiger partial charge in [0, 0.05) is 0 Å². The molecule has 0 aliphatic rings. The first-order valence-electron chi connectivity index (χ1n) is 6.77. The number of rotatable bonds is 5. The first kappa shape index (κ1) is 16.2. The van der Waals surface area contributed by atoms with Gasteiger partial charge in [-0.25, -0.2) is 4.79 Å². The van der Waals surface area contributed by atoms with Gasteiger partial charge in [-0.05, 0) is 43.7 Å². The highest BCUT2D eigenvalue weighted by molar-refractivity contribution is 7.81. The highest BCUT2D eigenvalue weighted by Crippen LogP contribution is 2.30. The van der Waals surface area contributed by atoms with Crippen LogP contribution < -0.4 is 4.31 Å². The Balaban J connectivity index is 2.46. The van der Waals surface area contributed by atoms with Crippen molar-refractivity contribution in [3.05, 3.63) is 59.7 Å². The van der Waals surface area contributed by atoms with Gasteiger partial charge in [-0.3, -0.25) is 8.51 Å². The largest absolute Gasteiger partial charge is 0.755 e. The zero-order chi connectivity index (χ0) is 16.1. The Morgan fingerprint density at radius 1 is 1.23 bits per heavy atom. The van der Waals surface area contributed by atoms with Gasteiger partial charge in [-0.15, -0.1) is 0 Å². The third-order valence-corrected chi connectivity index (χ3v) is 3.78. The van der Waals surface area contributed by atoms with E-state index in [0.717, 1.165) is 9.87 Å². The van der Waals surface area contributed by atoms with E-state index in [1.54, 1.807) is 37.3 Å². The number of benzene rings is 2. The molecular formula is C16H16NO4S-. The van der Waals surface area contributed by atoms with Crippen molar-refractivity contribution < 1.29 is 18.3 Å². The van der Waals surface area contributed by atoms with E-state index in [0.29, 0.717) is 16.9 Å². The third-order valence-electron chi connectivity index (χ3n) is 3.08. The van der Waals surface area contributed by atoms with Crippen LogP contribution in [0.25, 0.3) is 0 Å². The Bertz CT molecular complexity index is 702. The standard InChI is InChI=1S/C16H17NO4S/c1-3-21-16(18)13-8-6-9-14(11-13)17(22(19)20)15-10-5-4-7-12(15)2/h4-11H,3H2,1-2H3,(H,19,20)/p-1. The molecular weight excluding hydrogens is 302 g/mol. The topological polar surface area (TPSA) is 69.7 Å². The van der Waals surface area contributed by atoms with E-state index in [1.807, 2.05) is 19.1 Å². The van der Waals surface area contributed by atoms with Gasteiger partial charge < -0.3 is 9.29 Å². The molecule has 0 aliphatic carbocycles. The molecule has 0 N–H and O–H groups in total. The molecule has 22 heavy (non-hydrogen) atoms. The molecule has 2 aromatic carbocycles. The Labute approximate surface area is 131 Å². The molecule has 2 rings (SSSR count). The van der Waals surface area contributed by atoms with Gasteiger partial charge in [0.2, 0.25) is 0 Å². The number of ether oxygens (including phenoxy) is 1. The van der Waals surface area contributed by atoms with Crippen LogP contribution in [0.3, 0.4) is 0 Å². The molecule has 0 heterocycles. The van der Waals surface area contributed by atoms with Gasteiger partial charge in [0.25, 0.3) is 0 Å². The predicted octanol–water partition coefficient (Wildman–Crippen LogP) is 3.10. The predicted molar refractivity (Wildman–Crippen MR) is 84.6 cm³/mol. The van der Waals surface area contributed by atoms with Crippen molar-refractivity contribution in [1.29, 1.82) is 0 Å². The minimum atomic E-state index is -2.51. The lowest BCUT2D eigenvalue weighted by molar-refractivity contribution is 0.0526. The summed E-state index contributed by atoms with van der Waals surface area (Å²) in [7, 11) is 0. The number of carbonyl (C=O) groups is 1. The number of hydrogen-bond donors (Lipinski definition) is 0. The number of anilines is 2. The molecule has 116 valence electrons. The number of esters is 1. The monoisotopic (exact) mass is 318 g/mol. The van der Waals surface area contributed by atoms with Crippen LogP contribution in [0.15, 0.2) is 48.5 Å². The van der Waals surface area contributed by atoms with Crippen LogP contribution in [0.2, 0.25) is 0 Å². The van der Waals surface area contributed by atoms with Crippen molar-refractivity contribution in [3.63, 3.8) is 0 Å². The summed E-state index contributed by atoms with van der Waals surface area (Å²) in [6, 6.07) is 13.5. The van der Waals surface area contributed by atoms with Crippen LogP contribution in [0.1, 0.15) is 22.8 Å². The fourth-order valence-corrected chi connectivity index (χ4v) is 2.72. The molecule has 0 saturated heterocycles. The van der Waals surface area contributed by atoms with Crippen LogP contribution in [0, 0.1) is 6.92 Å². The zero-order valence-corrected chi connectivity index (χ0v) is 13.1. The molecule has 1 atom stereocenters. The van der Waals surface area contributed by atoms with E-state index in [2.05, 4.69) is 0 Å². The molecule has 0 fully saturated rings. The lowest BCUT2D eigenvalue weighted by Crippen LogP contribution is -2.20. The summed E-state index contributed by atoms with van der Waals surface area (Å²) in [6.07, 6.45) is 0. The van der Waals surface area contributed by atoms with Crippen molar-refractivity contribution in [1.82, 2.24) is 0 Å². The molecule has 0 spiro atoms. The summed E-state index contributed by atoms with van der Waals surface area (Å²) >= 11 is -2.51. The maximum atomic E-state index is 11.8. The van der Waals surface area contributed by atoms with Gasteiger partial charge in [0.15, 0.2) is 0 Å². The fourth-order valence-electron chi connectivity index (χ4n) is 2.07.